The van der Waals surface area contributed by atoms with Gasteiger partial charge in [0.25, 0.3) is 0 Å². The first-order valence-electron chi connectivity index (χ1n) is 12.4. The Morgan fingerprint density at radius 3 is 2.18 bits per heavy atom. The molecule has 204 valence electrons. The number of carbonyl (C=O) groups excluding carboxylic acids is 3. The largest absolute Gasteiger partial charge is 0.478 e. The van der Waals surface area contributed by atoms with Crippen molar-refractivity contribution in [2.45, 2.75) is 39.7 Å². The number of halogens is 1. The van der Waals surface area contributed by atoms with E-state index in [4.69, 9.17) is 16.7 Å². The van der Waals surface area contributed by atoms with Crippen molar-refractivity contribution in [2.75, 3.05) is 16.0 Å². The number of hydrogen-bond acceptors (Lipinski definition) is 4. The van der Waals surface area contributed by atoms with Crippen LogP contribution in [-0.4, -0.2) is 35.0 Å². The lowest BCUT2D eigenvalue weighted by Crippen LogP contribution is -2.45. The third-order valence-electron chi connectivity index (χ3n) is 5.80. The molecule has 0 aliphatic rings. The summed E-state index contributed by atoms with van der Waals surface area (Å²) in [6.07, 6.45) is 0.423. The number of hydrogen-bond donors (Lipinski definition) is 5. The maximum absolute atomic E-state index is 13.0. The molecule has 1 atom stereocenters. The van der Waals surface area contributed by atoms with Crippen LogP contribution >= 0.6 is 11.6 Å². The molecular weight excluding hydrogens is 520 g/mol. The van der Waals surface area contributed by atoms with E-state index in [0.717, 1.165) is 5.56 Å². The number of amides is 4. The second kappa shape index (κ2) is 13.4. The Morgan fingerprint density at radius 1 is 0.872 bits per heavy atom. The average molecular weight is 551 g/mol. The molecule has 0 saturated heterocycles. The molecule has 0 aliphatic carbocycles. The maximum atomic E-state index is 13.0. The number of aromatic carboxylic acids is 1. The monoisotopic (exact) mass is 550 g/mol. The minimum atomic E-state index is -1.13. The predicted octanol–water partition coefficient (Wildman–Crippen LogP) is 5.70. The first-order chi connectivity index (χ1) is 18.5. The van der Waals surface area contributed by atoms with Gasteiger partial charge in [-0.2, -0.15) is 0 Å². The number of carbonyl (C=O) groups is 4. The highest BCUT2D eigenvalue weighted by Crippen LogP contribution is 2.24. The van der Waals surface area contributed by atoms with E-state index in [0.29, 0.717) is 23.4 Å². The molecule has 0 heterocycles. The van der Waals surface area contributed by atoms with Crippen LogP contribution in [0.25, 0.3) is 0 Å². The molecule has 0 spiro atoms. The minimum Gasteiger partial charge on any atom is -0.478 e. The number of urea groups is 1. The van der Waals surface area contributed by atoms with Crippen LogP contribution in [0.5, 0.6) is 0 Å². The topological polar surface area (TPSA) is 137 Å². The average Bonchev–Trinajstić information content (AvgIpc) is 2.87. The van der Waals surface area contributed by atoms with Gasteiger partial charge in [0, 0.05) is 11.4 Å². The van der Waals surface area contributed by atoms with Gasteiger partial charge < -0.3 is 26.4 Å². The van der Waals surface area contributed by atoms with Crippen LogP contribution in [-0.2, 0) is 16.0 Å². The van der Waals surface area contributed by atoms with E-state index in [1.54, 1.807) is 24.3 Å². The molecule has 3 aromatic rings. The highest BCUT2D eigenvalue weighted by atomic mass is 35.5. The zero-order valence-electron chi connectivity index (χ0n) is 21.9. The number of aryl methyl sites for hydroxylation is 1. The highest BCUT2D eigenvalue weighted by molar-refractivity contribution is 6.34. The molecule has 0 bridgehead atoms. The fourth-order valence-corrected chi connectivity index (χ4v) is 4.03. The summed E-state index contributed by atoms with van der Waals surface area (Å²) < 4.78 is 0. The van der Waals surface area contributed by atoms with Crippen molar-refractivity contribution in [3.8, 4) is 0 Å². The second-order valence-electron chi connectivity index (χ2n) is 9.51. The van der Waals surface area contributed by atoms with Gasteiger partial charge in [-0.05, 0) is 66.8 Å². The van der Waals surface area contributed by atoms with Crippen molar-refractivity contribution in [1.29, 1.82) is 0 Å². The number of benzene rings is 3. The van der Waals surface area contributed by atoms with Gasteiger partial charge >= 0.3 is 12.0 Å². The van der Waals surface area contributed by atoms with Gasteiger partial charge in [-0.15, -0.1) is 0 Å². The molecule has 39 heavy (non-hydrogen) atoms. The molecule has 0 unspecified atom stereocenters. The van der Waals surface area contributed by atoms with Crippen LogP contribution in [0.15, 0.2) is 66.7 Å². The van der Waals surface area contributed by atoms with Crippen molar-refractivity contribution in [2.24, 2.45) is 5.92 Å². The maximum Gasteiger partial charge on any atom is 0.335 e. The second-order valence-corrected chi connectivity index (χ2v) is 9.91. The van der Waals surface area contributed by atoms with E-state index in [1.807, 2.05) is 45.0 Å². The lowest BCUT2D eigenvalue weighted by molar-refractivity contribution is -0.126. The number of carboxylic acid groups (broad SMARTS) is 1. The van der Waals surface area contributed by atoms with Crippen LogP contribution in [0.1, 0.15) is 41.8 Å². The first-order valence-corrected chi connectivity index (χ1v) is 12.7. The number of carboxylic acids is 1. The standard InChI is InChI=1S/C29H31ClN4O5/c1-17(2)14-25(27(36)33-24-13-10-20(28(37)38)16-22(24)30)32-26(35)15-19-8-11-21(12-9-19)31-29(39)34-23-7-5-4-6-18(23)3/h4-13,16-17,25H,14-15H2,1-3H3,(H,32,35)(H,33,36)(H,37,38)(H2,31,34,39)/t25-/m0/s1. The minimum absolute atomic E-state index is 0.00169. The van der Waals surface area contributed by atoms with Crippen LogP contribution in [0.4, 0.5) is 21.9 Å². The summed E-state index contributed by atoms with van der Waals surface area (Å²) >= 11 is 6.14. The smallest absolute Gasteiger partial charge is 0.335 e. The van der Waals surface area contributed by atoms with Gasteiger partial charge in [-0.1, -0.05) is 55.8 Å². The molecule has 0 fully saturated rings. The van der Waals surface area contributed by atoms with Crippen LogP contribution in [0.3, 0.4) is 0 Å². The molecule has 3 rings (SSSR count). The lowest BCUT2D eigenvalue weighted by atomic mass is 10.0. The van der Waals surface area contributed by atoms with Crippen LogP contribution in [0.2, 0.25) is 5.02 Å². The zero-order valence-corrected chi connectivity index (χ0v) is 22.6. The van der Waals surface area contributed by atoms with Gasteiger partial charge in [-0.25, -0.2) is 9.59 Å². The molecule has 3 aromatic carbocycles. The van der Waals surface area contributed by atoms with E-state index < -0.39 is 17.9 Å². The Hall–Kier alpha value is -4.37. The Balaban J connectivity index is 1.58. The number of rotatable bonds is 10. The summed E-state index contributed by atoms with van der Waals surface area (Å²) in [4.78, 5) is 49.2. The molecule has 9 nitrogen and oxygen atoms in total. The van der Waals surface area contributed by atoms with E-state index in [2.05, 4.69) is 21.3 Å². The normalized spacial score (nSPS) is 11.4. The number of nitrogens with one attached hydrogen (secondary N) is 4. The summed E-state index contributed by atoms with van der Waals surface area (Å²) in [6.45, 7) is 5.77. The fraction of sp³-hybridized carbons (Fsp3) is 0.241. The third-order valence-corrected chi connectivity index (χ3v) is 6.12. The molecular formula is C29H31ClN4O5. The van der Waals surface area contributed by atoms with Crippen molar-refractivity contribution >= 4 is 52.5 Å². The van der Waals surface area contributed by atoms with Gasteiger partial charge in [-0.3, -0.25) is 9.59 Å². The molecule has 5 N–H and O–H groups in total. The Bertz CT molecular complexity index is 1360. The Kier molecular flexibility index (Phi) is 10.1. The van der Waals surface area contributed by atoms with E-state index in [-0.39, 0.29) is 40.6 Å². The molecule has 4 amide bonds. The summed E-state index contributed by atoms with van der Waals surface area (Å²) in [5, 5.41) is 20.2. The van der Waals surface area contributed by atoms with Gasteiger partial charge in [0.2, 0.25) is 11.8 Å². The Morgan fingerprint density at radius 2 is 1.56 bits per heavy atom. The van der Waals surface area contributed by atoms with Crippen LogP contribution < -0.4 is 21.3 Å². The summed E-state index contributed by atoms with van der Waals surface area (Å²) in [5.74, 6) is -1.82. The fourth-order valence-electron chi connectivity index (χ4n) is 3.81. The van der Waals surface area contributed by atoms with E-state index in [9.17, 15) is 19.2 Å². The van der Waals surface area contributed by atoms with E-state index in [1.165, 1.54) is 18.2 Å². The quantitative estimate of drug-likeness (QED) is 0.220. The molecule has 0 aromatic heterocycles. The van der Waals surface area contributed by atoms with Crippen molar-refractivity contribution < 1.29 is 24.3 Å². The predicted molar refractivity (Wildman–Crippen MR) is 152 cm³/mol. The van der Waals surface area contributed by atoms with Crippen molar-refractivity contribution in [3.05, 3.63) is 88.4 Å². The SMILES string of the molecule is Cc1ccccc1NC(=O)Nc1ccc(CC(=O)N[C@@H](CC(C)C)C(=O)Nc2ccc(C(=O)O)cc2Cl)cc1. The molecule has 10 heteroatoms. The van der Waals surface area contributed by atoms with Crippen molar-refractivity contribution in [1.82, 2.24) is 5.32 Å². The number of para-hydroxylation sites is 1. The zero-order chi connectivity index (χ0) is 28.5. The molecule has 0 aliphatic heterocycles. The highest BCUT2D eigenvalue weighted by Gasteiger charge is 2.23. The molecule has 0 saturated carbocycles. The Labute approximate surface area is 232 Å². The first kappa shape index (κ1) is 29.2. The lowest BCUT2D eigenvalue weighted by Gasteiger charge is -2.21. The van der Waals surface area contributed by atoms with Gasteiger partial charge in [0.05, 0.1) is 22.7 Å². The van der Waals surface area contributed by atoms with E-state index >= 15 is 0 Å². The summed E-state index contributed by atoms with van der Waals surface area (Å²) in [5.41, 5.74) is 3.17. The van der Waals surface area contributed by atoms with Crippen molar-refractivity contribution in [3.63, 3.8) is 0 Å². The summed E-state index contributed by atoms with van der Waals surface area (Å²) in [6, 6.07) is 17.1. The van der Waals surface area contributed by atoms with Gasteiger partial charge in [0.15, 0.2) is 0 Å². The molecule has 0 radical (unpaired) electrons. The summed E-state index contributed by atoms with van der Waals surface area (Å²) in [7, 11) is 0. The third kappa shape index (κ3) is 8.86. The van der Waals surface area contributed by atoms with Gasteiger partial charge in [0.1, 0.15) is 6.04 Å². The van der Waals surface area contributed by atoms with Crippen LogP contribution in [0, 0.1) is 12.8 Å². The number of anilines is 3.